The first kappa shape index (κ1) is 18.3. The fraction of sp³-hybridized carbons (Fsp3) is 0.190. The SMILES string of the molecule is Cc1nn(C)cc1[C@@H](C)Oc1ccc2c(Nc3ccc(Cl)nc3)nccc2c1. The van der Waals surface area contributed by atoms with Crippen molar-refractivity contribution in [3.8, 4) is 5.75 Å². The molecular weight excluding hydrogens is 374 g/mol. The van der Waals surface area contributed by atoms with E-state index < -0.39 is 0 Å². The number of aromatic nitrogens is 4. The number of ether oxygens (including phenoxy) is 1. The fourth-order valence-corrected chi connectivity index (χ4v) is 3.31. The van der Waals surface area contributed by atoms with Crippen molar-refractivity contribution >= 4 is 33.9 Å². The molecule has 1 N–H and O–H groups in total. The van der Waals surface area contributed by atoms with E-state index in [0.717, 1.165) is 39.3 Å². The zero-order valence-corrected chi connectivity index (χ0v) is 16.6. The normalized spacial score (nSPS) is 12.1. The molecule has 0 amide bonds. The van der Waals surface area contributed by atoms with Crippen LogP contribution in [-0.2, 0) is 7.05 Å². The number of benzene rings is 1. The second-order valence-corrected chi connectivity index (χ2v) is 7.03. The van der Waals surface area contributed by atoms with Crippen LogP contribution in [-0.4, -0.2) is 19.7 Å². The summed E-state index contributed by atoms with van der Waals surface area (Å²) in [6.07, 6.45) is 5.35. The zero-order chi connectivity index (χ0) is 19.7. The van der Waals surface area contributed by atoms with Gasteiger partial charge in [0, 0.05) is 30.4 Å². The maximum Gasteiger partial charge on any atom is 0.138 e. The molecule has 0 bridgehead atoms. The molecule has 28 heavy (non-hydrogen) atoms. The molecule has 0 unspecified atom stereocenters. The highest BCUT2D eigenvalue weighted by Gasteiger charge is 2.14. The molecule has 4 aromatic rings. The molecular formula is C21H20ClN5O. The lowest BCUT2D eigenvalue weighted by atomic mass is 10.1. The summed E-state index contributed by atoms with van der Waals surface area (Å²) in [7, 11) is 1.91. The van der Waals surface area contributed by atoms with Crippen molar-refractivity contribution in [1.82, 2.24) is 19.7 Å². The molecule has 0 aliphatic heterocycles. The highest BCUT2D eigenvalue weighted by atomic mass is 35.5. The maximum absolute atomic E-state index is 6.16. The van der Waals surface area contributed by atoms with E-state index in [0.29, 0.717) is 5.15 Å². The summed E-state index contributed by atoms with van der Waals surface area (Å²) < 4.78 is 7.96. The molecule has 3 aromatic heterocycles. The van der Waals surface area contributed by atoms with Crippen LogP contribution in [0.1, 0.15) is 24.3 Å². The third-order valence-corrected chi connectivity index (χ3v) is 4.75. The van der Waals surface area contributed by atoms with Crippen molar-refractivity contribution in [3.05, 3.63) is 71.4 Å². The van der Waals surface area contributed by atoms with Gasteiger partial charge in [0.05, 0.1) is 17.6 Å². The smallest absolute Gasteiger partial charge is 0.138 e. The standard InChI is InChI=1S/C21H20ClN5O/c1-13-19(12-27(3)26-13)14(2)28-17-5-6-18-15(10-17)8-9-23-21(18)25-16-4-7-20(22)24-11-16/h4-12,14H,1-3H3,(H,23,25)/t14-/m1/s1. The summed E-state index contributed by atoms with van der Waals surface area (Å²) in [6.45, 7) is 4.02. The van der Waals surface area contributed by atoms with Gasteiger partial charge in [-0.2, -0.15) is 5.10 Å². The van der Waals surface area contributed by atoms with E-state index in [1.807, 2.05) is 57.4 Å². The quantitative estimate of drug-likeness (QED) is 0.471. The van der Waals surface area contributed by atoms with Gasteiger partial charge in [0.25, 0.3) is 0 Å². The van der Waals surface area contributed by atoms with Crippen LogP contribution in [0.4, 0.5) is 11.5 Å². The molecule has 4 rings (SSSR count). The molecule has 6 nitrogen and oxygen atoms in total. The molecule has 1 aromatic carbocycles. The van der Waals surface area contributed by atoms with Gasteiger partial charge in [0.1, 0.15) is 22.8 Å². The van der Waals surface area contributed by atoms with E-state index in [1.165, 1.54) is 0 Å². The average molecular weight is 394 g/mol. The summed E-state index contributed by atoms with van der Waals surface area (Å²) in [5.74, 6) is 1.55. The summed E-state index contributed by atoms with van der Waals surface area (Å²) >= 11 is 5.85. The molecule has 1 atom stereocenters. The van der Waals surface area contributed by atoms with Crippen molar-refractivity contribution in [1.29, 1.82) is 0 Å². The van der Waals surface area contributed by atoms with Crippen molar-refractivity contribution in [2.75, 3.05) is 5.32 Å². The maximum atomic E-state index is 6.16. The first-order valence-electron chi connectivity index (χ1n) is 8.94. The van der Waals surface area contributed by atoms with Gasteiger partial charge >= 0.3 is 0 Å². The largest absolute Gasteiger partial charge is 0.486 e. The van der Waals surface area contributed by atoms with Gasteiger partial charge in [0.15, 0.2) is 0 Å². The Kier molecular flexibility index (Phi) is 4.88. The van der Waals surface area contributed by atoms with Crippen molar-refractivity contribution in [2.45, 2.75) is 20.0 Å². The molecule has 0 saturated carbocycles. The van der Waals surface area contributed by atoms with Gasteiger partial charge in [0.2, 0.25) is 0 Å². The topological polar surface area (TPSA) is 64.9 Å². The Hall–Kier alpha value is -3.12. The van der Waals surface area contributed by atoms with Crippen molar-refractivity contribution in [3.63, 3.8) is 0 Å². The number of rotatable bonds is 5. The lowest BCUT2D eigenvalue weighted by Crippen LogP contribution is -2.03. The average Bonchev–Trinajstić information content (AvgIpc) is 3.02. The number of hydrogen-bond donors (Lipinski definition) is 1. The molecule has 0 aliphatic rings. The Labute approximate surface area is 168 Å². The van der Waals surface area contributed by atoms with E-state index >= 15 is 0 Å². The summed E-state index contributed by atoms with van der Waals surface area (Å²) in [5.41, 5.74) is 2.88. The lowest BCUT2D eigenvalue weighted by molar-refractivity contribution is 0.226. The van der Waals surface area contributed by atoms with E-state index in [-0.39, 0.29) is 6.10 Å². The van der Waals surface area contributed by atoms with Crippen LogP contribution in [0.15, 0.2) is 55.0 Å². The van der Waals surface area contributed by atoms with Crippen LogP contribution >= 0.6 is 11.6 Å². The highest BCUT2D eigenvalue weighted by molar-refractivity contribution is 6.29. The molecule has 0 saturated heterocycles. The Morgan fingerprint density at radius 3 is 2.71 bits per heavy atom. The Morgan fingerprint density at radius 2 is 2.00 bits per heavy atom. The molecule has 0 radical (unpaired) electrons. The van der Waals surface area contributed by atoms with Crippen LogP contribution in [0.2, 0.25) is 5.15 Å². The van der Waals surface area contributed by atoms with Crippen LogP contribution in [0.3, 0.4) is 0 Å². The lowest BCUT2D eigenvalue weighted by Gasteiger charge is -2.15. The predicted molar refractivity (Wildman–Crippen MR) is 111 cm³/mol. The predicted octanol–water partition coefficient (Wildman–Crippen LogP) is 5.21. The number of anilines is 2. The van der Waals surface area contributed by atoms with Crippen molar-refractivity contribution in [2.24, 2.45) is 7.05 Å². The molecule has 0 aliphatic carbocycles. The number of fused-ring (bicyclic) bond motifs is 1. The molecule has 3 heterocycles. The van der Waals surface area contributed by atoms with E-state index in [9.17, 15) is 0 Å². The number of aryl methyl sites for hydroxylation is 2. The van der Waals surface area contributed by atoms with E-state index in [1.54, 1.807) is 23.1 Å². The number of halogens is 1. The number of nitrogens with zero attached hydrogens (tertiary/aromatic N) is 4. The Balaban J connectivity index is 1.59. The summed E-state index contributed by atoms with van der Waals surface area (Å²) in [5, 5.41) is 10.2. The minimum absolute atomic E-state index is 0.0919. The van der Waals surface area contributed by atoms with E-state index in [2.05, 4.69) is 20.4 Å². The highest BCUT2D eigenvalue weighted by Crippen LogP contribution is 2.30. The number of hydrogen-bond acceptors (Lipinski definition) is 5. The van der Waals surface area contributed by atoms with Gasteiger partial charge in [-0.25, -0.2) is 9.97 Å². The van der Waals surface area contributed by atoms with Gasteiger partial charge in [-0.15, -0.1) is 0 Å². The minimum Gasteiger partial charge on any atom is -0.486 e. The van der Waals surface area contributed by atoms with Crippen LogP contribution < -0.4 is 10.1 Å². The Morgan fingerprint density at radius 1 is 1.14 bits per heavy atom. The molecule has 7 heteroatoms. The third-order valence-electron chi connectivity index (χ3n) is 4.53. The summed E-state index contributed by atoms with van der Waals surface area (Å²) in [6, 6.07) is 11.6. The Bertz CT molecular complexity index is 1120. The second-order valence-electron chi connectivity index (χ2n) is 6.64. The minimum atomic E-state index is -0.0919. The number of nitrogens with one attached hydrogen (secondary N) is 1. The monoisotopic (exact) mass is 393 g/mol. The van der Waals surface area contributed by atoms with E-state index in [4.69, 9.17) is 16.3 Å². The summed E-state index contributed by atoms with van der Waals surface area (Å²) in [4.78, 5) is 8.54. The molecule has 142 valence electrons. The second kappa shape index (κ2) is 7.48. The number of pyridine rings is 2. The van der Waals surface area contributed by atoms with Gasteiger partial charge in [-0.3, -0.25) is 4.68 Å². The molecule has 0 spiro atoms. The first-order valence-corrected chi connectivity index (χ1v) is 9.31. The first-order chi connectivity index (χ1) is 13.5. The zero-order valence-electron chi connectivity index (χ0n) is 15.8. The van der Waals surface area contributed by atoms with Gasteiger partial charge in [-0.05, 0) is 55.6 Å². The van der Waals surface area contributed by atoms with Gasteiger partial charge in [-0.1, -0.05) is 11.6 Å². The van der Waals surface area contributed by atoms with Crippen LogP contribution in [0.25, 0.3) is 10.8 Å². The van der Waals surface area contributed by atoms with Crippen LogP contribution in [0.5, 0.6) is 5.75 Å². The molecule has 0 fully saturated rings. The van der Waals surface area contributed by atoms with Crippen LogP contribution in [0, 0.1) is 6.92 Å². The van der Waals surface area contributed by atoms with Gasteiger partial charge < -0.3 is 10.1 Å². The fourth-order valence-electron chi connectivity index (χ4n) is 3.20. The van der Waals surface area contributed by atoms with Crippen molar-refractivity contribution < 1.29 is 4.74 Å². The third kappa shape index (κ3) is 3.77.